The van der Waals surface area contributed by atoms with Gasteiger partial charge >= 0.3 is 0 Å². The average molecular weight is 438 g/mol. The molecule has 0 aliphatic carbocycles. The molecule has 5 heteroatoms. The van der Waals surface area contributed by atoms with Crippen LogP contribution in [0.1, 0.15) is 38.9 Å². The van der Waals surface area contributed by atoms with Crippen molar-refractivity contribution < 1.29 is 9.59 Å². The number of para-hydroxylation sites is 1. The molecule has 1 atom stereocenters. The zero-order valence-corrected chi connectivity index (χ0v) is 18.8. The van der Waals surface area contributed by atoms with Crippen molar-refractivity contribution in [1.29, 1.82) is 0 Å². The van der Waals surface area contributed by atoms with E-state index in [1.807, 2.05) is 98.8 Å². The summed E-state index contributed by atoms with van der Waals surface area (Å²) in [4.78, 5) is 26.5. The van der Waals surface area contributed by atoms with Crippen LogP contribution >= 0.6 is 0 Å². The van der Waals surface area contributed by atoms with Crippen LogP contribution < -0.4 is 10.6 Å². The molecule has 0 spiro atoms. The molecule has 166 valence electrons. The van der Waals surface area contributed by atoms with E-state index < -0.39 is 6.04 Å². The first-order chi connectivity index (χ1) is 16.0. The number of amides is 2. The first-order valence-corrected chi connectivity index (χ1v) is 11.0. The molecule has 2 N–H and O–H groups in total. The van der Waals surface area contributed by atoms with E-state index in [-0.39, 0.29) is 11.8 Å². The summed E-state index contributed by atoms with van der Waals surface area (Å²) in [6.07, 6.45) is 0. The Morgan fingerprint density at radius 1 is 0.818 bits per heavy atom. The number of nitrogens with one attached hydrogen (secondary N) is 2. The van der Waals surface area contributed by atoms with Crippen molar-refractivity contribution in [2.24, 2.45) is 0 Å². The summed E-state index contributed by atoms with van der Waals surface area (Å²) in [5, 5.41) is 5.85. The smallest absolute Gasteiger partial charge is 0.254 e. The van der Waals surface area contributed by atoms with Crippen LogP contribution in [0, 0.1) is 13.8 Å². The number of carbonyl (C=O) groups is 2. The number of benzene rings is 3. The lowest BCUT2D eigenvalue weighted by molar-refractivity contribution is -0.118. The number of hydrogen-bond donors (Lipinski definition) is 2. The summed E-state index contributed by atoms with van der Waals surface area (Å²) in [6.45, 7) is 4.61. The fraction of sp³-hybridized carbons (Fsp3) is 0.143. The van der Waals surface area contributed by atoms with E-state index in [1.165, 1.54) is 0 Å². The van der Waals surface area contributed by atoms with Crippen LogP contribution in [0.25, 0.3) is 0 Å². The number of carbonyl (C=O) groups excluding carboxylic acids is 2. The summed E-state index contributed by atoms with van der Waals surface area (Å²) < 4.78 is 2.12. The molecule has 0 saturated heterocycles. The molecule has 4 aromatic rings. The minimum atomic E-state index is -0.823. The highest BCUT2D eigenvalue weighted by Gasteiger charge is 2.25. The topological polar surface area (TPSA) is 63.1 Å². The molecule has 4 rings (SSSR count). The molecule has 3 aromatic carbocycles. The maximum Gasteiger partial charge on any atom is 0.254 e. The van der Waals surface area contributed by atoms with Gasteiger partial charge in [0.25, 0.3) is 11.8 Å². The van der Waals surface area contributed by atoms with Gasteiger partial charge in [-0.3, -0.25) is 9.59 Å². The Hall–Kier alpha value is -4.12. The van der Waals surface area contributed by atoms with Crippen LogP contribution in [0.4, 0.5) is 5.69 Å². The molecule has 1 unspecified atom stereocenters. The summed E-state index contributed by atoms with van der Waals surface area (Å²) in [5.74, 6) is -0.571. The van der Waals surface area contributed by atoms with E-state index in [9.17, 15) is 9.59 Å². The van der Waals surface area contributed by atoms with Crippen molar-refractivity contribution >= 4 is 17.5 Å². The zero-order chi connectivity index (χ0) is 23.2. The fourth-order valence-corrected chi connectivity index (χ4v) is 3.93. The molecule has 0 fully saturated rings. The van der Waals surface area contributed by atoms with Crippen molar-refractivity contribution in [1.82, 2.24) is 9.88 Å². The average Bonchev–Trinajstić information content (AvgIpc) is 3.12. The third kappa shape index (κ3) is 5.21. The molecule has 1 aromatic heterocycles. The second-order valence-corrected chi connectivity index (χ2v) is 8.03. The van der Waals surface area contributed by atoms with Crippen molar-refractivity contribution in [3.05, 3.63) is 125 Å². The quantitative estimate of drug-likeness (QED) is 0.414. The molecule has 2 amide bonds. The van der Waals surface area contributed by atoms with E-state index >= 15 is 0 Å². The van der Waals surface area contributed by atoms with E-state index in [1.54, 1.807) is 0 Å². The molecule has 0 aliphatic rings. The number of aryl methyl sites for hydroxylation is 1. The highest BCUT2D eigenvalue weighted by atomic mass is 16.2. The van der Waals surface area contributed by atoms with Crippen LogP contribution in [0.15, 0.2) is 97.1 Å². The molecule has 0 bridgehead atoms. The monoisotopic (exact) mass is 437 g/mol. The second kappa shape index (κ2) is 10.0. The Bertz CT molecular complexity index is 1230. The van der Waals surface area contributed by atoms with Crippen LogP contribution in [0.3, 0.4) is 0 Å². The normalized spacial score (nSPS) is 11.6. The van der Waals surface area contributed by atoms with Crippen LogP contribution in [0.5, 0.6) is 0 Å². The molecule has 5 nitrogen and oxygen atoms in total. The third-order valence-corrected chi connectivity index (χ3v) is 5.71. The highest BCUT2D eigenvalue weighted by molar-refractivity contribution is 6.02. The van der Waals surface area contributed by atoms with Gasteiger partial charge in [0.15, 0.2) is 0 Å². The molecule has 0 aliphatic heterocycles. The number of hydrogen-bond acceptors (Lipinski definition) is 2. The number of nitrogens with zero attached hydrogens (tertiary/aromatic N) is 1. The number of aromatic nitrogens is 1. The van der Waals surface area contributed by atoms with Gasteiger partial charge in [-0.1, -0.05) is 78.9 Å². The minimum absolute atomic E-state index is 0.278. The minimum Gasteiger partial charge on any atom is -0.344 e. The van der Waals surface area contributed by atoms with Crippen molar-refractivity contribution in [3.63, 3.8) is 0 Å². The molecular weight excluding hydrogens is 410 g/mol. The van der Waals surface area contributed by atoms with Gasteiger partial charge in [0.2, 0.25) is 0 Å². The SMILES string of the molecule is Cc1cc(C(=O)NC(C(=O)Nc2ccccc2)c2ccccc2)c(C)n1Cc1ccccc1. The molecular formula is C28H27N3O2. The van der Waals surface area contributed by atoms with E-state index in [0.29, 0.717) is 17.8 Å². The zero-order valence-electron chi connectivity index (χ0n) is 18.8. The second-order valence-electron chi connectivity index (χ2n) is 8.03. The molecule has 1 heterocycles. The Labute approximate surface area is 194 Å². The summed E-state index contributed by atoms with van der Waals surface area (Å²) in [7, 11) is 0. The maximum atomic E-state index is 13.3. The lowest BCUT2D eigenvalue weighted by Crippen LogP contribution is -2.37. The lowest BCUT2D eigenvalue weighted by Gasteiger charge is -2.19. The Kier molecular flexibility index (Phi) is 6.69. The Morgan fingerprint density at radius 3 is 2.03 bits per heavy atom. The number of anilines is 1. The molecule has 33 heavy (non-hydrogen) atoms. The van der Waals surface area contributed by atoms with Crippen LogP contribution in [-0.4, -0.2) is 16.4 Å². The first-order valence-electron chi connectivity index (χ1n) is 11.0. The van der Waals surface area contributed by atoms with Crippen molar-refractivity contribution in [2.45, 2.75) is 26.4 Å². The van der Waals surface area contributed by atoms with Gasteiger partial charge in [0.05, 0.1) is 5.56 Å². The summed E-state index contributed by atoms with van der Waals surface area (Å²) in [6, 6.07) is 29.7. The standard InChI is InChI=1S/C28H27N3O2/c1-20-18-25(21(2)31(20)19-22-12-6-3-7-13-22)27(32)30-26(23-14-8-4-9-15-23)28(33)29-24-16-10-5-11-17-24/h3-18,26H,19H2,1-2H3,(H,29,33)(H,30,32). The Morgan fingerprint density at radius 2 is 1.39 bits per heavy atom. The predicted octanol–water partition coefficient (Wildman–Crippen LogP) is 5.26. The van der Waals surface area contributed by atoms with Crippen LogP contribution in [0.2, 0.25) is 0 Å². The van der Waals surface area contributed by atoms with Gasteiger partial charge in [-0.05, 0) is 43.2 Å². The molecule has 0 radical (unpaired) electrons. The number of rotatable bonds is 7. The van der Waals surface area contributed by atoms with Gasteiger partial charge < -0.3 is 15.2 Å². The van der Waals surface area contributed by atoms with Crippen molar-refractivity contribution in [3.8, 4) is 0 Å². The van der Waals surface area contributed by atoms with Gasteiger partial charge in [0.1, 0.15) is 6.04 Å². The fourth-order valence-electron chi connectivity index (χ4n) is 3.93. The van der Waals surface area contributed by atoms with Gasteiger partial charge in [0, 0.05) is 23.6 Å². The summed E-state index contributed by atoms with van der Waals surface area (Å²) in [5.41, 5.74) is 4.99. The van der Waals surface area contributed by atoms with Crippen LogP contribution in [-0.2, 0) is 11.3 Å². The van der Waals surface area contributed by atoms with E-state index in [0.717, 1.165) is 22.5 Å². The molecule has 0 saturated carbocycles. The summed E-state index contributed by atoms with van der Waals surface area (Å²) >= 11 is 0. The highest BCUT2D eigenvalue weighted by Crippen LogP contribution is 2.21. The Balaban J connectivity index is 1.58. The third-order valence-electron chi connectivity index (χ3n) is 5.71. The van der Waals surface area contributed by atoms with Crippen molar-refractivity contribution in [2.75, 3.05) is 5.32 Å². The lowest BCUT2D eigenvalue weighted by atomic mass is 10.1. The maximum absolute atomic E-state index is 13.3. The van der Waals surface area contributed by atoms with E-state index in [2.05, 4.69) is 27.3 Å². The largest absolute Gasteiger partial charge is 0.344 e. The van der Waals surface area contributed by atoms with E-state index in [4.69, 9.17) is 0 Å². The van der Waals surface area contributed by atoms with Gasteiger partial charge in [-0.2, -0.15) is 0 Å². The van der Waals surface area contributed by atoms with Gasteiger partial charge in [-0.25, -0.2) is 0 Å². The van der Waals surface area contributed by atoms with Gasteiger partial charge in [-0.15, -0.1) is 0 Å². The predicted molar refractivity (Wildman–Crippen MR) is 131 cm³/mol. The first kappa shape index (κ1) is 22.1.